The maximum atomic E-state index is 4.74. The van der Waals surface area contributed by atoms with Crippen molar-refractivity contribution in [3.05, 3.63) is 12.0 Å². The molecule has 1 heterocycles. The molecule has 0 fully saturated rings. The van der Waals surface area contributed by atoms with Gasteiger partial charge in [-0.3, -0.25) is 0 Å². The highest BCUT2D eigenvalue weighted by Gasteiger charge is 1.96. The second kappa shape index (κ2) is 1.20. The Morgan fingerprint density at radius 3 is 2.83 bits per heavy atom. The van der Waals surface area contributed by atoms with Gasteiger partial charge in [0.1, 0.15) is 5.76 Å². The first-order chi connectivity index (χ1) is 2.89. The molecular weight excluding hydrogens is 80.0 g/mol. The third kappa shape index (κ3) is 0.455. The summed E-state index contributed by atoms with van der Waals surface area (Å²) >= 11 is 0. The van der Waals surface area contributed by atoms with E-state index in [-0.39, 0.29) is 0 Å². The van der Waals surface area contributed by atoms with Crippen LogP contribution >= 0.6 is 0 Å². The fourth-order valence-electron chi connectivity index (χ4n) is 0.278. The van der Waals surface area contributed by atoms with Crippen LogP contribution in [0.15, 0.2) is 5.76 Å². The average molecular weight is 85.1 g/mol. The van der Waals surface area contributed by atoms with E-state index in [9.17, 15) is 0 Å². The largest absolute Gasteiger partial charge is 0.458 e. The molecule has 2 heteroatoms. The molecule has 0 saturated heterocycles. The number of ether oxygens (including phenoxy) is 2. The van der Waals surface area contributed by atoms with Crippen molar-refractivity contribution in [2.45, 2.75) is 6.92 Å². The first-order valence-corrected chi connectivity index (χ1v) is 1.74. The Morgan fingerprint density at radius 2 is 2.67 bits per heavy atom. The molecule has 2 nitrogen and oxygen atoms in total. The second-order valence-corrected chi connectivity index (χ2v) is 1.06. The van der Waals surface area contributed by atoms with Crippen LogP contribution in [0.5, 0.6) is 0 Å². The van der Waals surface area contributed by atoms with Crippen molar-refractivity contribution in [1.82, 2.24) is 0 Å². The average Bonchev–Trinajstić information content (AvgIpc) is 1.86. The van der Waals surface area contributed by atoms with Gasteiger partial charge < -0.3 is 9.47 Å². The topological polar surface area (TPSA) is 18.5 Å². The van der Waals surface area contributed by atoms with Crippen LogP contribution in [0.4, 0.5) is 0 Å². The minimum atomic E-state index is 0.339. The molecule has 0 aliphatic carbocycles. The van der Waals surface area contributed by atoms with E-state index in [1.165, 1.54) is 0 Å². The Balaban J connectivity index is 2.45. The summed E-state index contributed by atoms with van der Waals surface area (Å²) in [6, 6.07) is 0. The summed E-state index contributed by atoms with van der Waals surface area (Å²) in [4.78, 5) is 0. The van der Waals surface area contributed by atoms with Crippen LogP contribution in [0.3, 0.4) is 0 Å². The number of rotatable bonds is 0. The number of allylic oxidation sites excluding steroid dienone is 1. The molecule has 0 atom stereocenters. The van der Waals surface area contributed by atoms with Crippen molar-refractivity contribution in [3.8, 4) is 0 Å². The van der Waals surface area contributed by atoms with Crippen molar-refractivity contribution in [3.63, 3.8) is 0 Å². The van der Waals surface area contributed by atoms with Crippen molar-refractivity contribution < 1.29 is 9.47 Å². The lowest BCUT2D eigenvalue weighted by Crippen LogP contribution is -1.78. The summed E-state index contributed by atoms with van der Waals surface area (Å²) < 4.78 is 9.28. The molecule has 0 N–H and O–H groups in total. The van der Waals surface area contributed by atoms with Gasteiger partial charge in [0.25, 0.3) is 0 Å². The zero-order valence-corrected chi connectivity index (χ0v) is 3.52. The van der Waals surface area contributed by atoms with Crippen molar-refractivity contribution in [1.29, 1.82) is 0 Å². The van der Waals surface area contributed by atoms with E-state index in [4.69, 9.17) is 4.74 Å². The third-order valence-corrected chi connectivity index (χ3v) is 0.550. The van der Waals surface area contributed by atoms with Crippen LogP contribution < -0.4 is 0 Å². The van der Waals surface area contributed by atoms with Gasteiger partial charge in [0, 0.05) is 0 Å². The highest BCUT2D eigenvalue weighted by Crippen LogP contribution is 2.01. The van der Waals surface area contributed by atoms with Crippen LogP contribution in [0.1, 0.15) is 6.92 Å². The standard InChI is InChI=1S/C4H5O2/c1-4-2-5-3-6-4/h3H2,1H3. The molecule has 0 aromatic rings. The molecule has 1 aliphatic rings. The van der Waals surface area contributed by atoms with Gasteiger partial charge in [0.15, 0.2) is 0 Å². The highest BCUT2D eigenvalue weighted by atomic mass is 16.7. The van der Waals surface area contributed by atoms with Gasteiger partial charge in [-0.15, -0.1) is 0 Å². The highest BCUT2D eigenvalue weighted by molar-refractivity contribution is 4.76. The molecule has 1 radical (unpaired) electrons. The quantitative estimate of drug-likeness (QED) is 0.430. The Labute approximate surface area is 36.4 Å². The Hall–Kier alpha value is -0.660. The molecule has 0 aromatic heterocycles. The van der Waals surface area contributed by atoms with E-state index < -0.39 is 0 Å². The molecule has 1 aliphatic heterocycles. The van der Waals surface area contributed by atoms with Crippen LogP contribution in [0.25, 0.3) is 0 Å². The maximum Gasteiger partial charge on any atom is 0.230 e. The lowest BCUT2D eigenvalue weighted by atomic mass is 10.7. The molecule has 0 aromatic carbocycles. The van der Waals surface area contributed by atoms with Crippen molar-refractivity contribution >= 4 is 0 Å². The normalized spacial score (nSPS) is 18.5. The van der Waals surface area contributed by atoms with E-state index >= 15 is 0 Å². The minimum Gasteiger partial charge on any atom is -0.458 e. The molecule has 33 valence electrons. The lowest BCUT2D eigenvalue weighted by molar-refractivity contribution is 0.0758. The van der Waals surface area contributed by atoms with Crippen LogP contribution in [-0.2, 0) is 9.47 Å². The first kappa shape index (κ1) is 3.53. The Bertz CT molecular complexity index is 75.6. The second-order valence-electron chi connectivity index (χ2n) is 1.06. The predicted octanol–water partition coefficient (Wildman–Crippen LogP) is 0.655. The zero-order chi connectivity index (χ0) is 4.41. The summed E-state index contributed by atoms with van der Waals surface area (Å²) in [7, 11) is 0. The Morgan fingerprint density at radius 1 is 1.83 bits per heavy atom. The van der Waals surface area contributed by atoms with Gasteiger partial charge in [0.2, 0.25) is 13.1 Å². The fourth-order valence-corrected chi connectivity index (χ4v) is 0.278. The van der Waals surface area contributed by atoms with E-state index in [1.54, 1.807) is 6.92 Å². The van der Waals surface area contributed by atoms with E-state index in [2.05, 4.69) is 11.0 Å². The van der Waals surface area contributed by atoms with Crippen LogP contribution in [-0.4, -0.2) is 6.79 Å². The van der Waals surface area contributed by atoms with Gasteiger partial charge in [-0.1, -0.05) is 0 Å². The van der Waals surface area contributed by atoms with Crippen LogP contribution in [0.2, 0.25) is 0 Å². The molecule has 0 bridgehead atoms. The minimum absolute atomic E-state index is 0.339. The number of hydrogen-bond donors (Lipinski definition) is 0. The molecule has 0 spiro atoms. The first-order valence-electron chi connectivity index (χ1n) is 1.74. The zero-order valence-electron chi connectivity index (χ0n) is 3.52. The number of hydrogen-bond acceptors (Lipinski definition) is 2. The molecule has 0 saturated carbocycles. The van der Waals surface area contributed by atoms with Crippen molar-refractivity contribution in [2.24, 2.45) is 0 Å². The van der Waals surface area contributed by atoms with Gasteiger partial charge in [-0.2, -0.15) is 0 Å². The van der Waals surface area contributed by atoms with Gasteiger partial charge in [0.05, 0.1) is 0 Å². The van der Waals surface area contributed by atoms with Gasteiger partial charge in [-0.25, -0.2) is 0 Å². The van der Waals surface area contributed by atoms with Gasteiger partial charge in [-0.05, 0) is 6.92 Å². The SMILES string of the molecule is CC1=[C]OCO1. The summed E-state index contributed by atoms with van der Waals surface area (Å²) in [5, 5.41) is 0. The summed E-state index contributed by atoms with van der Waals surface area (Å²) in [6.45, 7) is 2.14. The third-order valence-electron chi connectivity index (χ3n) is 0.550. The van der Waals surface area contributed by atoms with Crippen molar-refractivity contribution in [2.75, 3.05) is 6.79 Å². The van der Waals surface area contributed by atoms with E-state index in [1.807, 2.05) is 0 Å². The molecule has 1 rings (SSSR count). The molecular formula is C4H5O2. The molecule has 0 unspecified atom stereocenters. The molecule has 6 heavy (non-hydrogen) atoms. The predicted molar refractivity (Wildman–Crippen MR) is 19.5 cm³/mol. The fraction of sp³-hybridized carbons (Fsp3) is 0.500. The van der Waals surface area contributed by atoms with E-state index in [0.717, 1.165) is 5.76 Å². The summed E-state index contributed by atoms with van der Waals surface area (Å²) in [5.41, 5.74) is 0. The van der Waals surface area contributed by atoms with Crippen LogP contribution in [0, 0.1) is 6.26 Å². The Kier molecular flexibility index (Phi) is 0.708. The molecule has 0 amide bonds. The maximum absolute atomic E-state index is 4.74. The monoisotopic (exact) mass is 85.0 g/mol. The smallest absolute Gasteiger partial charge is 0.230 e. The summed E-state index contributed by atoms with van der Waals surface area (Å²) in [6.07, 6.45) is 2.51. The summed E-state index contributed by atoms with van der Waals surface area (Å²) in [5.74, 6) is 0.731. The lowest BCUT2D eigenvalue weighted by Gasteiger charge is -1.86. The van der Waals surface area contributed by atoms with E-state index in [0.29, 0.717) is 6.79 Å². The van der Waals surface area contributed by atoms with Gasteiger partial charge >= 0.3 is 0 Å².